The van der Waals surface area contributed by atoms with E-state index in [1.165, 1.54) is 0 Å². The molecule has 5 nitrogen and oxygen atoms in total. The predicted octanol–water partition coefficient (Wildman–Crippen LogP) is 4.52. The van der Waals surface area contributed by atoms with E-state index in [0.29, 0.717) is 15.1 Å². The van der Waals surface area contributed by atoms with Crippen molar-refractivity contribution in [3.63, 3.8) is 0 Å². The maximum Gasteiger partial charge on any atom is 0.346 e. The van der Waals surface area contributed by atoms with Gasteiger partial charge in [-0.3, -0.25) is 4.79 Å². The molecule has 1 aromatic heterocycles. The van der Waals surface area contributed by atoms with E-state index >= 15 is 0 Å². The quantitative estimate of drug-likeness (QED) is 0.646. The van der Waals surface area contributed by atoms with Gasteiger partial charge in [0.05, 0.1) is 5.02 Å². The molecule has 9 heteroatoms. The second kappa shape index (κ2) is 7.13. The van der Waals surface area contributed by atoms with Crippen LogP contribution in [0.25, 0.3) is 10.1 Å². The van der Waals surface area contributed by atoms with Crippen LogP contribution in [-0.4, -0.2) is 17.0 Å². The Morgan fingerprint density at radius 3 is 2.44 bits per heavy atom. The van der Waals surface area contributed by atoms with E-state index in [4.69, 9.17) is 22.1 Å². The fraction of sp³-hybridized carbons (Fsp3) is 0.111. The van der Waals surface area contributed by atoms with Gasteiger partial charge >= 0.3 is 5.97 Å². The van der Waals surface area contributed by atoms with Gasteiger partial charge in [-0.1, -0.05) is 17.7 Å². The first-order valence-corrected chi connectivity index (χ1v) is 8.75. The van der Waals surface area contributed by atoms with Gasteiger partial charge in [0.25, 0.3) is 0 Å². The number of aryl methyl sites for hydroxylation is 1. The molecule has 0 spiro atoms. The molecule has 0 atom stereocenters. The lowest BCUT2D eigenvalue weighted by Gasteiger charge is -2.10. The molecule has 27 heavy (non-hydrogen) atoms. The average Bonchev–Trinajstić information content (AvgIpc) is 2.97. The first-order chi connectivity index (χ1) is 12.7. The Morgan fingerprint density at radius 2 is 1.89 bits per heavy atom. The molecule has 0 radical (unpaired) electrons. The summed E-state index contributed by atoms with van der Waals surface area (Å²) >= 11 is 7.30. The number of fused-ring (bicyclic) bond motifs is 1. The molecule has 0 fully saturated rings. The topological polar surface area (TPSA) is 89.6 Å². The Balaban J connectivity index is 2.05. The Morgan fingerprint density at radius 1 is 1.26 bits per heavy atom. The highest BCUT2D eigenvalue weighted by Crippen LogP contribution is 2.38. The Hall–Kier alpha value is -2.71. The normalized spacial score (nSPS) is 11.0. The minimum atomic E-state index is -1.20. The molecule has 0 aliphatic carbocycles. The van der Waals surface area contributed by atoms with Crippen molar-refractivity contribution in [2.75, 3.05) is 0 Å². The van der Waals surface area contributed by atoms with Crippen LogP contribution < -0.4 is 10.5 Å². The van der Waals surface area contributed by atoms with Gasteiger partial charge in [-0.25, -0.2) is 13.6 Å². The summed E-state index contributed by atoms with van der Waals surface area (Å²) in [4.78, 5) is 22.6. The van der Waals surface area contributed by atoms with E-state index in [0.717, 1.165) is 29.0 Å². The van der Waals surface area contributed by atoms with Crippen LogP contribution in [0.5, 0.6) is 5.75 Å². The van der Waals surface area contributed by atoms with Crippen molar-refractivity contribution in [2.45, 2.75) is 13.5 Å². The van der Waals surface area contributed by atoms with Crippen LogP contribution in [0, 0.1) is 18.6 Å². The third-order valence-electron chi connectivity index (χ3n) is 3.92. The monoisotopic (exact) mass is 411 g/mol. The van der Waals surface area contributed by atoms with Gasteiger partial charge in [0, 0.05) is 21.2 Å². The third kappa shape index (κ3) is 3.45. The number of nitrogens with two attached hydrogens (primary N) is 1. The summed E-state index contributed by atoms with van der Waals surface area (Å²) < 4.78 is 34.0. The summed E-state index contributed by atoms with van der Waals surface area (Å²) in [5.74, 6) is -5.17. The number of hydrogen-bond donors (Lipinski definition) is 2. The third-order valence-corrected chi connectivity index (χ3v) is 5.59. The summed E-state index contributed by atoms with van der Waals surface area (Å²) in [6.45, 7) is 1.33. The molecule has 1 heterocycles. The molecular formula is C18H12ClF2NO4S. The number of carboxylic acids is 1. The molecule has 0 aliphatic heterocycles. The molecule has 0 unspecified atom stereocenters. The number of carbonyl (C=O) groups is 2. The zero-order valence-corrected chi connectivity index (χ0v) is 15.4. The van der Waals surface area contributed by atoms with Gasteiger partial charge in [-0.05, 0) is 30.7 Å². The van der Waals surface area contributed by atoms with Crippen molar-refractivity contribution in [1.82, 2.24) is 0 Å². The molecule has 0 bridgehead atoms. The predicted molar refractivity (Wildman–Crippen MR) is 97.7 cm³/mol. The molecule has 3 rings (SSSR count). The van der Waals surface area contributed by atoms with Gasteiger partial charge < -0.3 is 15.6 Å². The molecule has 3 aromatic rings. The van der Waals surface area contributed by atoms with E-state index in [1.54, 1.807) is 19.1 Å². The van der Waals surface area contributed by atoms with Crippen molar-refractivity contribution in [2.24, 2.45) is 5.73 Å². The summed E-state index contributed by atoms with van der Waals surface area (Å²) in [5.41, 5.74) is 5.60. The minimum absolute atomic E-state index is 0.0351. The van der Waals surface area contributed by atoms with Crippen LogP contribution in [0.2, 0.25) is 5.02 Å². The summed E-state index contributed by atoms with van der Waals surface area (Å²) in [5, 5.41) is 10.3. The molecule has 1 amide bonds. The molecular weight excluding hydrogens is 400 g/mol. The number of halogens is 3. The minimum Gasteiger partial charge on any atom is -0.483 e. The highest BCUT2D eigenvalue weighted by Gasteiger charge is 2.22. The van der Waals surface area contributed by atoms with Crippen molar-refractivity contribution >= 4 is 44.9 Å². The number of benzene rings is 2. The summed E-state index contributed by atoms with van der Waals surface area (Å²) in [7, 11) is 0. The number of aromatic carboxylic acids is 1. The number of thiophene rings is 1. The summed E-state index contributed by atoms with van der Waals surface area (Å²) in [6, 6.07) is 4.97. The molecule has 2 aromatic carbocycles. The number of carboxylic acid groups (broad SMARTS) is 1. The second-order valence-electron chi connectivity index (χ2n) is 5.71. The van der Waals surface area contributed by atoms with Gasteiger partial charge in [0.15, 0.2) is 17.4 Å². The summed E-state index contributed by atoms with van der Waals surface area (Å²) in [6.07, 6.45) is 0. The molecule has 0 saturated heterocycles. The van der Waals surface area contributed by atoms with Crippen molar-refractivity contribution < 1.29 is 28.2 Å². The highest BCUT2D eigenvalue weighted by atomic mass is 35.5. The molecule has 0 saturated carbocycles. The van der Waals surface area contributed by atoms with Crippen LogP contribution in [0.3, 0.4) is 0 Å². The zero-order chi connectivity index (χ0) is 19.9. The van der Waals surface area contributed by atoms with Crippen LogP contribution in [-0.2, 0) is 6.61 Å². The van der Waals surface area contributed by atoms with Crippen molar-refractivity contribution in [3.8, 4) is 5.75 Å². The van der Waals surface area contributed by atoms with Crippen LogP contribution >= 0.6 is 22.9 Å². The van der Waals surface area contributed by atoms with Crippen molar-refractivity contribution in [1.29, 1.82) is 0 Å². The van der Waals surface area contributed by atoms with Gasteiger partial charge in [0.2, 0.25) is 5.91 Å². The molecule has 0 aliphatic rings. The number of hydrogen-bond acceptors (Lipinski definition) is 4. The lowest BCUT2D eigenvalue weighted by Crippen LogP contribution is -2.12. The van der Waals surface area contributed by atoms with Crippen LogP contribution in [0.1, 0.15) is 31.2 Å². The number of amides is 1. The van der Waals surface area contributed by atoms with E-state index in [9.17, 15) is 23.5 Å². The largest absolute Gasteiger partial charge is 0.483 e. The number of primary amides is 1. The van der Waals surface area contributed by atoms with Gasteiger partial charge in [-0.2, -0.15) is 0 Å². The highest BCUT2D eigenvalue weighted by molar-refractivity contribution is 7.21. The zero-order valence-electron chi connectivity index (χ0n) is 13.8. The van der Waals surface area contributed by atoms with E-state index in [-0.39, 0.29) is 16.0 Å². The van der Waals surface area contributed by atoms with Crippen molar-refractivity contribution in [3.05, 3.63) is 62.5 Å². The first-order valence-electron chi connectivity index (χ1n) is 7.56. The maximum atomic E-state index is 14.1. The number of rotatable bonds is 5. The first kappa shape index (κ1) is 19.1. The van der Waals surface area contributed by atoms with Crippen LogP contribution in [0.4, 0.5) is 8.78 Å². The lowest BCUT2D eigenvalue weighted by molar-refractivity contribution is 0.0699. The van der Waals surface area contributed by atoms with Gasteiger partial charge in [0.1, 0.15) is 11.5 Å². The SMILES string of the molecule is Cc1ccc2sc(C(=O)O)c(COc3c(F)cc(C(N)=O)cc3F)c2c1Cl. The standard InChI is InChI=1S/C18H12ClF2NO4S/c1-7-2-3-12-13(14(7)19)9(16(27-12)18(24)25)6-26-15-10(20)4-8(17(22)23)5-11(15)21/h2-5H,6H2,1H3,(H2,22,23)(H,24,25). The maximum absolute atomic E-state index is 14.1. The second-order valence-corrected chi connectivity index (χ2v) is 7.14. The molecule has 3 N–H and O–H groups in total. The number of ether oxygens (including phenoxy) is 1. The smallest absolute Gasteiger partial charge is 0.346 e. The Bertz CT molecular complexity index is 1070. The fourth-order valence-electron chi connectivity index (χ4n) is 2.61. The van der Waals surface area contributed by atoms with Crippen LogP contribution in [0.15, 0.2) is 24.3 Å². The van der Waals surface area contributed by atoms with Gasteiger partial charge in [-0.15, -0.1) is 11.3 Å². The fourth-order valence-corrected chi connectivity index (χ4v) is 4.00. The van der Waals surface area contributed by atoms with E-state index < -0.39 is 35.9 Å². The Kier molecular flexibility index (Phi) is 5.03. The average molecular weight is 412 g/mol. The molecule has 140 valence electrons. The Labute approximate surface area is 160 Å². The lowest BCUT2D eigenvalue weighted by atomic mass is 10.1. The van der Waals surface area contributed by atoms with E-state index in [1.807, 2.05) is 0 Å². The van der Waals surface area contributed by atoms with E-state index in [2.05, 4.69) is 0 Å². The number of carbonyl (C=O) groups excluding carboxylic acids is 1.